The lowest BCUT2D eigenvalue weighted by atomic mass is 9.90. The van der Waals surface area contributed by atoms with Crippen LogP contribution in [0.2, 0.25) is 0 Å². The molecule has 2 aromatic rings. The molecule has 0 amide bonds. The summed E-state index contributed by atoms with van der Waals surface area (Å²) < 4.78 is 0. The molecule has 1 aromatic heterocycles. The van der Waals surface area contributed by atoms with E-state index in [1.54, 1.807) is 0 Å². The Morgan fingerprint density at radius 2 is 2.11 bits per heavy atom. The van der Waals surface area contributed by atoms with Crippen LogP contribution < -0.4 is 4.90 Å². The van der Waals surface area contributed by atoms with Gasteiger partial charge in [-0.25, -0.2) is 0 Å². The first-order valence-electron chi connectivity index (χ1n) is 6.93. The maximum Gasteiger partial charge on any atom is 0.0950 e. The summed E-state index contributed by atoms with van der Waals surface area (Å²) in [4.78, 5) is 2.53. The van der Waals surface area contributed by atoms with Crippen molar-refractivity contribution in [2.24, 2.45) is 0 Å². The van der Waals surface area contributed by atoms with Gasteiger partial charge in [0.1, 0.15) is 0 Å². The largest absolute Gasteiger partial charge is 0.367 e. The van der Waals surface area contributed by atoms with Crippen LogP contribution in [-0.2, 0) is 0 Å². The Balaban J connectivity index is 1.98. The van der Waals surface area contributed by atoms with Crippen molar-refractivity contribution in [3.05, 3.63) is 30.5 Å². The SMILES string of the molecule is BrCCCN(c1cnnc2ccccc12)C1CCC1. The van der Waals surface area contributed by atoms with E-state index < -0.39 is 0 Å². The predicted octanol–water partition coefficient (Wildman–Crippen LogP) is 3.77. The predicted molar refractivity (Wildman–Crippen MR) is 82.9 cm³/mol. The molecule has 0 bridgehead atoms. The second-order valence-corrected chi connectivity index (χ2v) is 5.86. The molecule has 1 heterocycles. The Kier molecular flexibility index (Phi) is 3.97. The lowest BCUT2D eigenvalue weighted by molar-refractivity contribution is 0.386. The second kappa shape index (κ2) is 5.87. The van der Waals surface area contributed by atoms with Crippen molar-refractivity contribution in [3.8, 4) is 0 Å². The van der Waals surface area contributed by atoms with Crippen molar-refractivity contribution in [2.45, 2.75) is 31.7 Å². The van der Waals surface area contributed by atoms with Gasteiger partial charge in [-0.15, -0.1) is 0 Å². The minimum Gasteiger partial charge on any atom is -0.367 e. The molecule has 19 heavy (non-hydrogen) atoms. The van der Waals surface area contributed by atoms with Gasteiger partial charge in [0.25, 0.3) is 0 Å². The van der Waals surface area contributed by atoms with Crippen LogP contribution in [0.5, 0.6) is 0 Å². The first kappa shape index (κ1) is 12.9. The van der Waals surface area contributed by atoms with Crippen LogP contribution in [0.15, 0.2) is 30.5 Å². The summed E-state index contributed by atoms with van der Waals surface area (Å²) in [7, 11) is 0. The fourth-order valence-electron chi connectivity index (χ4n) is 2.65. The van der Waals surface area contributed by atoms with Crippen LogP contribution in [0, 0.1) is 0 Å². The number of nitrogens with zero attached hydrogens (tertiary/aromatic N) is 3. The molecule has 1 aliphatic rings. The van der Waals surface area contributed by atoms with Crippen molar-refractivity contribution >= 4 is 32.5 Å². The van der Waals surface area contributed by atoms with Crippen molar-refractivity contribution in [1.82, 2.24) is 10.2 Å². The van der Waals surface area contributed by atoms with E-state index in [2.05, 4.69) is 43.2 Å². The van der Waals surface area contributed by atoms with Crippen LogP contribution in [0.1, 0.15) is 25.7 Å². The van der Waals surface area contributed by atoms with E-state index in [0.717, 1.165) is 23.8 Å². The van der Waals surface area contributed by atoms with Crippen molar-refractivity contribution in [2.75, 3.05) is 16.8 Å². The number of benzene rings is 1. The number of hydrogen-bond acceptors (Lipinski definition) is 3. The maximum atomic E-state index is 4.22. The Morgan fingerprint density at radius 1 is 1.26 bits per heavy atom. The number of rotatable bonds is 5. The topological polar surface area (TPSA) is 29.0 Å². The minimum absolute atomic E-state index is 0.687. The highest BCUT2D eigenvalue weighted by Crippen LogP contribution is 2.33. The first-order valence-corrected chi connectivity index (χ1v) is 8.05. The molecule has 3 nitrogen and oxygen atoms in total. The molecule has 0 radical (unpaired) electrons. The number of hydrogen-bond donors (Lipinski definition) is 0. The average molecular weight is 320 g/mol. The van der Waals surface area contributed by atoms with Gasteiger partial charge in [0.05, 0.1) is 17.4 Å². The lowest BCUT2D eigenvalue weighted by Crippen LogP contribution is -2.41. The minimum atomic E-state index is 0.687. The molecule has 100 valence electrons. The number of halogens is 1. The summed E-state index contributed by atoms with van der Waals surface area (Å²) in [5.74, 6) is 0. The van der Waals surface area contributed by atoms with E-state index in [1.807, 2.05) is 18.3 Å². The number of anilines is 1. The molecule has 0 unspecified atom stereocenters. The van der Waals surface area contributed by atoms with Gasteiger partial charge in [0.2, 0.25) is 0 Å². The fraction of sp³-hybridized carbons (Fsp3) is 0.467. The molecule has 1 aromatic carbocycles. The fourth-order valence-corrected chi connectivity index (χ4v) is 2.90. The van der Waals surface area contributed by atoms with Crippen LogP contribution in [0.3, 0.4) is 0 Å². The molecule has 0 saturated heterocycles. The highest BCUT2D eigenvalue weighted by molar-refractivity contribution is 9.09. The van der Waals surface area contributed by atoms with Gasteiger partial charge in [-0.1, -0.05) is 34.1 Å². The molecular formula is C15H18BrN3. The number of fused-ring (bicyclic) bond motifs is 1. The third-order valence-corrected chi connectivity index (χ3v) is 4.44. The Morgan fingerprint density at radius 3 is 2.84 bits per heavy atom. The molecule has 3 rings (SSSR count). The normalized spacial score (nSPS) is 15.4. The first-order chi connectivity index (χ1) is 9.40. The van der Waals surface area contributed by atoms with Crippen molar-refractivity contribution in [1.29, 1.82) is 0 Å². The third kappa shape index (κ3) is 2.59. The van der Waals surface area contributed by atoms with Crippen molar-refractivity contribution < 1.29 is 0 Å². The zero-order valence-corrected chi connectivity index (χ0v) is 12.5. The zero-order valence-electron chi connectivity index (χ0n) is 10.9. The van der Waals surface area contributed by atoms with Gasteiger partial charge < -0.3 is 4.90 Å². The lowest BCUT2D eigenvalue weighted by Gasteiger charge is -2.39. The number of alkyl halides is 1. The maximum absolute atomic E-state index is 4.22. The quantitative estimate of drug-likeness (QED) is 0.785. The summed E-state index contributed by atoms with van der Waals surface area (Å²) in [6.07, 6.45) is 7.05. The van der Waals surface area contributed by atoms with E-state index in [-0.39, 0.29) is 0 Å². The van der Waals surface area contributed by atoms with E-state index in [4.69, 9.17) is 0 Å². The highest BCUT2D eigenvalue weighted by atomic mass is 79.9. The molecular weight excluding hydrogens is 302 g/mol. The summed E-state index contributed by atoms with van der Waals surface area (Å²) >= 11 is 3.53. The summed E-state index contributed by atoms with van der Waals surface area (Å²) in [6.45, 7) is 1.09. The van der Waals surface area contributed by atoms with Gasteiger partial charge in [-0.2, -0.15) is 10.2 Å². The van der Waals surface area contributed by atoms with E-state index in [1.165, 1.54) is 30.3 Å². The van der Waals surface area contributed by atoms with Gasteiger partial charge >= 0.3 is 0 Å². The van der Waals surface area contributed by atoms with Gasteiger partial charge in [0.15, 0.2) is 0 Å². The molecule has 1 fully saturated rings. The Bertz CT molecular complexity index is 549. The second-order valence-electron chi connectivity index (χ2n) is 5.07. The zero-order chi connectivity index (χ0) is 13.1. The third-order valence-electron chi connectivity index (χ3n) is 3.88. The number of aromatic nitrogens is 2. The standard InChI is InChI=1S/C15H18BrN3/c16-9-4-10-19(12-5-3-6-12)15-11-17-18-14-8-2-1-7-13(14)15/h1-2,7-8,11-12H,3-6,9-10H2. The smallest absolute Gasteiger partial charge is 0.0950 e. The van der Waals surface area contributed by atoms with Gasteiger partial charge in [-0.3, -0.25) is 0 Å². The summed E-state index contributed by atoms with van der Waals surface area (Å²) in [5, 5.41) is 10.7. The molecule has 1 aliphatic carbocycles. The van der Waals surface area contributed by atoms with Crippen LogP contribution in [0.25, 0.3) is 10.9 Å². The highest BCUT2D eigenvalue weighted by Gasteiger charge is 2.26. The summed E-state index contributed by atoms with van der Waals surface area (Å²) in [5.41, 5.74) is 2.24. The molecule has 0 aliphatic heterocycles. The van der Waals surface area contributed by atoms with E-state index in [0.29, 0.717) is 6.04 Å². The van der Waals surface area contributed by atoms with E-state index in [9.17, 15) is 0 Å². The molecule has 4 heteroatoms. The monoisotopic (exact) mass is 319 g/mol. The Hall–Kier alpha value is -1.16. The molecule has 0 spiro atoms. The Labute approximate surface area is 122 Å². The van der Waals surface area contributed by atoms with Gasteiger partial charge in [0, 0.05) is 23.3 Å². The van der Waals surface area contributed by atoms with Crippen LogP contribution >= 0.6 is 15.9 Å². The molecule has 0 atom stereocenters. The van der Waals surface area contributed by atoms with Crippen LogP contribution in [0.4, 0.5) is 5.69 Å². The molecule has 0 N–H and O–H groups in total. The molecule has 1 saturated carbocycles. The average Bonchev–Trinajstić information content (AvgIpc) is 2.41. The van der Waals surface area contributed by atoms with Crippen LogP contribution in [-0.4, -0.2) is 28.1 Å². The van der Waals surface area contributed by atoms with Gasteiger partial charge in [-0.05, 0) is 31.7 Å². The summed E-state index contributed by atoms with van der Waals surface area (Å²) in [6, 6.07) is 8.98. The van der Waals surface area contributed by atoms with Crippen molar-refractivity contribution in [3.63, 3.8) is 0 Å². The van der Waals surface area contributed by atoms with E-state index >= 15 is 0 Å².